The van der Waals surface area contributed by atoms with Gasteiger partial charge in [0, 0.05) is 10.0 Å². The first kappa shape index (κ1) is 18.5. The first-order chi connectivity index (χ1) is 12.5. The summed E-state index contributed by atoms with van der Waals surface area (Å²) in [5, 5.41) is 3.12. The van der Waals surface area contributed by atoms with Gasteiger partial charge in [-0.25, -0.2) is 9.38 Å². The number of ether oxygens (including phenoxy) is 2. The zero-order valence-electron chi connectivity index (χ0n) is 13.9. The van der Waals surface area contributed by atoms with E-state index in [1.54, 1.807) is 31.4 Å². The number of amides is 1. The van der Waals surface area contributed by atoms with E-state index in [4.69, 9.17) is 9.47 Å². The number of halogens is 2. The number of hydrogen-bond donors (Lipinski definition) is 1. The lowest BCUT2D eigenvalue weighted by atomic mass is 10.1. The molecule has 5 nitrogen and oxygen atoms in total. The molecule has 2 aromatic carbocycles. The largest absolute Gasteiger partial charge is 0.493 e. The highest BCUT2D eigenvalue weighted by Crippen LogP contribution is 2.38. The normalized spacial score (nSPS) is 16.8. The van der Waals surface area contributed by atoms with Crippen LogP contribution in [0.15, 0.2) is 50.8 Å². The molecule has 1 N–H and O–H groups in total. The minimum Gasteiger partial charge on any atom is -0.493 e. The Hall–Kier alpha value is -2.32. The SMILES string of the molecule is COc1cc(Br)cc(/C=C2/SC(=Nc3ccc(F)cc3)NC2=O)c1OC. The summed E-state index contributed by atoms with van der Waals surface area (Å²) in [7, 11) is 3.09. The molecule has 0 unspecified atom stereocenters. The molecule has 0 atom stereocenters. The maximum atomic E-state index is 13.0. The van der Waals surface area contributed by atoms with Gasteiger partial charge in [-0.15, -0.1) is 0 Å². The van der Waals surface area contributed by atoms with Crippen LogP contribution in [0.4, 0.5) is 10.1 Å². The van der Waals surface area contributed by atoms with Gasteiger partial charge >= 0.3 is 0 Å². The van der Waals surface area contributed by atoms with E-state index < -0.39 is 0 Å². The van der Waals surface area contributed by atoms with Crippen LogP contribution < -0.4 is 14.8 Å². The Bertz CT molecular complexity index is 913. The summed E-state index contributed by atoms with van der Waals surface area (Å²) in [6.07, 6.45) is 1.71. The molecule has 134 valence electrons. The second-order valence-electron chi connectivity index (χ2n) is 5.19. The van der Waals surface area contributed by atoms with Crippen LogP contribution in [0.25, 0.3) is 6.08 Å². The Balaban J connectivity index is 1.92. The summed E-state index contributed by atoms with van der Waals surface area (Å²) in [5.74, 6) is 0.475. The fourth-order valence-electron chi connectivity index (χ4n) is 2.32. The Labute approximate surface area is 162 Å². The number of hydrogen-bond acceptors (Lipinski definition) is 5. The first-order valence-electron chi connectivity index (χ1n) is 7.47. The van der Waals surface area contributed by atoms with Crippen LogP contribution in [-0.4, -0.2) is 25.3 Å². The molecule has 0 aliphatic carbocycles. The number of carbonyl (C=O) groups is 1. The topological polar surface area (TPSA) is 59.9 Å². The number of nitrogens with zero attached hydrogens (tertiary/aromatic N) is 1. The number of aliphatic imine (C=N–C) groups is 1. The monoisotopic (exact) mass is 436 g/mol. The molecule has 0 spiro atoms. The predicted octanol–water partition coefficient (Wildman–Crippen LogP) is 4.50. The molecule has 3 rings (SSSR count). The van der Waals surface area contributed by atoms with Crippen LogP contribution in [0.3, 0.4) is 0 Å². The van der Waals surface area contributed by atoms with Crippen LogP contribution in [-0.2, 0) is 4.79 Å². The van der Waals surface area contributed by atoms with Crippen LogP contribution in [0, 0.1) is 5.82 Å². The van der Waals surface area contributed by atoms with Gasteiger partial charge in [-0.2, -0.15) is 0 Å². The fraction of sp³-hybridized carbons (Fsp3) is 0.111. The average molecular weight is 437 g/mol. The van der Waals surface area contributed by atoms with Crippen LogP contribution in [0.2, 0.25) is 0 Å². The Kier molecular flexibility index (Phi) is 5.63. The van der Waals surface area contributed by atoms with E-state index in [1.165, 1.54) is 31.0 Å². The van der Waals surface area contributed by atoms with E-state index in [2.05, 4.69) is 26.2 Å². The summed E-state index contributed by atoms with van der Waals surface area (Å²) >= 11 is 4.61. The van der Waals surface area contributed by atoms with Gasteiger partial charge in [0.2, 0.25) is 0 Å². The summed E-state index contributed by atoms with van der Waals surface area (Å²) in [6, 6.07) is 9.33. The molecule has 0 radical (unpaired) electrons. The highest BCUT2D eigenvalue weighted by molar-refractivity contribution is 9.10. The molecular formula is C18H14BrFN2O3S. The third-order valence-electron chi connectivity index (χ3n) is 3.47. The molecule has 0 aromatic heterocycles. The van der Waals surface area contributed by atoms with Gasteiger partial charge in [-0.1, -0.05) is 15.9 Å². The quantitative estimate of drug-likeness (QED) is 0.716. The summed E-state index contributed by atoms with van der Waals surface area (Å²) in [4.78, 5) is 17.0. The van der Waals surface area contributed by atoms with Crippen LogP contribution >= 0.6 is 27.7 Å². The highest BCUT2D eigenvalue weighted by Gasteiger charge is 2.25. The van der Waals surface area contributed by atoms with Crippen molar-refractivity contribution >= 4 is 50.5 Å². The van der Waals surface area contributed by atoms with Gasteiger partial charge in [-0.05, 0) is 54.2 Å². The Morgan fingerprint density at radius 2 is 1.92 bits per heavy atom. The van der Waals surface area contributed by atoms with E-state index in [0.29, 0.717) is 32.8 Å². The molecule has 1 aliphatic rings. The zero-order chi connectivity index (χ0) is 18.7. The molecule has 1 fully saturated rings. The summed E-state index contributed by atoms with van der Waals surface area (Å²) in [5.41, 5.74) is 1.25. The van der Waals surface area contributed by atoms with Gasteiger partial charge in [-0.3, -0.25) is 4.79 Å². The van der Waals surface area contributed by atoms with Crippen molar-refractivity contribution in [3.63, 3.8) is 0 Å². The third kappa shape index (κ3) is 4.08. The second kappa shape index (κ2) is 7.92. The molecule has 8 heteroatoms. The molecule has 0 saturated carbocycles. The van der Waals surface area contributed by atoms with Crippen molar-refractivity contribution in [2.24, 2.45) is 4.99 Å². The number of carbonyl (C=O) groups excluding carboxylic acids is 1. The lowest BCUT2D eigenvalue weighted by Gasteiger charge is -2.11. The molecule has 0 bridgehead atoms. The van der Waals surface area contributed by atoms with E-state index in [9.17, 15) is 9.18 Å². The molecule has 1 aliphatic heterocycles. The van der Waals surface area contributed by atoms with Gasteiger partial charge < -0.3 is 14.8 Å². The number of rotatable bonds is 4. The molecule has 1 heterocycles. The standard InChI is InChI=1S/C18H14BrFN2O3S/c1-24-14-9-11(19)7-10(16(14)25-2)8-15-17(23)22-18(26-15)21-13-5-3-12(20)4-6-13/h3-9H,1-2H3,(H,21,22,23)/b15-8+. The predicted molar refractivity (Wildman–Crippen MR) is 104 cm³/mol. The minimum absolute atomic E-state index is 0.267. The summed E-state index contributed by atoms with van der Waals surface area (Å²) in [6.45, 7) is 0. The van der Waals surface area contributed by atoms with Crippen molar-refractivity contribution in [3.05, 3.63) is 57.2 Å². The molecule has 26 heavy (non-hydrogen) atoms. The lowest BCUT2D eigenvalue weighted by molar-refractivity contribution is -0.115. The Morgan fingerprint density at radius 1 is 1.19 bits per heavy atom. The third-order valence-corrected chi connectivity index (χ3v) is 4.83. The zero-order valence-corrected chi connectivity index (χ0v) is 16.3. The van der Waals surface area contributed by atoms with Gasteiger partial charge in [0.05, 0.1) is 24.8 Å². The van der Waals surface area contributed by atoms with Crippen molar-refractivity contribution < 1.29 is 18.7 Å². The average Bonchev–Trinajstić information content (AvgIpc) is 2.95. The number of amidine groups is 1. The molecule has 1 amide bonds. The minimum atomic E-state index is -0.339. The van der Waals surface area contributed by atoms with Crippen molar-refractivity contribution in [3.8, 4) is 11.5 Å². The van der Waals surface area contributed by atoms with E-state index in [0.717, 1.165) is 4.47 Å². The first-order valence-corrected chi connectivity index (χ1v) is 9.08. The Morgan fingerprint density at radius 3 is 2.58 bits per heavy atom. The highest BCUT2D eigenvalue weighted by atomic mass is 79.9. The van der Waals surface area contributed by atoms with Crippen LogP contribution in [0.1, 0.15) is 5.56 Å². The molecule has 1 saturated heterocycles. The fourth-order valence-corrected chi connectivity index (χ4v) is 3.61. The molecular weight excluding hydrogens is 423 g/mol. The van der Waals surface area contributed by atoms with E-state index in [1.807, 2.05) is 6.07 Å². The molecule has 2 aromatic rings. The van der Waals surface area contributed by atoms with Crippen molar-refractivity contribution in [2.45, 2.75) is 0 Å². The maximum absolute atomic E-state index is 13.0. The van der Waals surface area contributed by atoms with Gasteiger partial charge in [0.1, 0.15) is 5.82 Å². The second-order valence-corrected chi connectivity index (χ2v) is 7.13. The number of benzene rings is 2. The van der Waals surface area contributed by atoms with Crippen molar-refractivity contribution in [1.82, 2.24) is 5.32 Å². The maximum Gasteiger partial charge on any atom is 0.264 e. The number of nitrogens with one attached hydrogen (secondary N) is 1. The number of methoxy groups -OCH3 is 2. The number of thioether (sulfide) groups is 1. The van der Waals surface area contributed by atoms with Gasteiger partial charge in [0.25, 0.3) is 5.91 Å². The lowest BCUT2D eigenvalue weighted by Crippen LogP contribution is -2.19. The van der Waals surface area contributed by atoms with E-state index >= 15 is 0 Å². The smallest absolute Gasteiger partial charge is 0.264 e. The van der Waals surface area contributed by atoms with Crippen molar-refractivity contribution in [1.29, 1.82) is 0 Å². The van der Waals surface area contributed by atoms with Gasteiger partial charge in [0.15, 0.2) is 16.7 Å². The van der Waals surface area contributed by atoms with Crippen molar-refractivity contribution in [2.75, 3.05) is 14.2 Å². The van der Waals surface area contributed by atoms with Crippen LogP contribution in [0.5, 0.6) is 11.5 Å². The summed E-state index contributed by atoms with van der Waals surface area (Å²) < 4.78 is 24.5. The van der Waals surface area contributed by atoms with E-state index in [-0.39, 0.29) is 11.7 Å².